The molecular weight excluding hydrogens is 303 g/mol. The minimum atomic E-state index is -0.221. The zero-order valence-corrected chi connectivity index (χ0v) is 13.5. The van der Waals surface area contributed by atoms with Gasteiger partial charge >= 0.3 is 0 Å². The van der Waals surface area contributed by atoms with E-state index in [9.17, 15) is 4.39 Å². The predicted octanol–water partition coefficient (Wildman–Crippen LogP) is 4.46. The molecule has 1 aliphatic heterocycles. The first kappa shape index (κ1) is 15.0. The van der Waals surface area contributed by atoms with Gasteiger partial charge in [-0.15, -0.1) is 0 Å². The third-order valence-electron chi connectivity index (χ3n) is 4.44. The molecule has 2 aromatic carbocycles. The Labute approximate surface area is 140 Å². The van der Waals surface area contributed by atoms with Crippen molar-refractivity contribution in [3.8, 4) is 5.69 Å². The summed E-state index contributed by atoms with van der Waals surface area (Å²) < 4.78 is 21.2. The van der Waals surface area contributed by atoms with Crippen molar-refractivity contribution in [3.63, 3.8) is 0 Å². The molecule has 0 radical (unpaired) electrons. The van der Waals surface area contributed by atoms with Crippen molar-refractivity contribution in [2.45, 2.75) is 13.2 Å². The van der Waals surface area contributed by atoms with E-state index >= 15 is 0 Å². The standard InChI is InChI=1S/C20H19FN2O/c1-15-4-2-3-5-19(15)22-11-10-16(14-22)20-23(12-13-24-20)18-8-6-17(21)7-9-18/h2-11,14,20H,12-13H2,1H3. The fourth-order valence-electron chi connectivity index (χ4n) is 3.21. The van der Waals surface area contributed by atoms with Gasteiger partial charge in [-0.2, -0.15) is 0 Å². The number of para-hydroxylation sites is 1. The average Bonchev–Trinajstić information content (AvgIpc) is 3.25. The maximum atomic E-state index is 13.2. The van der Waals surface area contributed by atoms with Crippen molar-refractivity contribution >= 4 is 5.69 Å². The first-order valence-electron chi connectivity index (χ1n) is 8.10. The molecule has 0 amide bonds. The van der Waals surface area contributed by atoms with Crippen LogP contribution in [0.4, 0.5) is 10.1 Å². The molecule has 2 heterocycles. The van der Waals surface area contributed by atoms with Crippen molar-refractivity contribution in [1.29, 1.82) is 0 Å². The predicted molar refractivity (Wildman–Crippen MR) is 92.9 cm³/mol. The highest BCUT2D eigenvalue weighted by molar-refractivity contribution is 5.49. The quantitative estimate of drug-likeness (QED) is 0.708. The van der Waals surface area contributed by atoms with E-state index in [0.29, 0.717) is 6.61 Å². The van der Waals surface area contributed by atoms with Crippen molar-refractivity contribution in [3.05, 3.63) is 83.9 Å². The molecule has 1 saturated heterocycles. The fourth-order valence-corrected chi connectivity index (χ4v) is 3.21. The second-order valence-corrected chi connectivity index (χ2v) is 6.03. The van der Waals surface area contributed by atoms with Crippen LogP contribution in [0.1, 0.15) is 17.4 Å². The average molecular weight is 322 g/mol. The SMILES string of the molecule is Cc1ccccc1-n1ccc(C2OCCN2c2ccc(F)cc2)c1. The summed E-state index contributed by atoms with van der Waals surface area (Å²) in [4.78, 5) is 2.16. The monoisotopic (exact) mass is 322 g/mol. The Kier molecular flexibility index (Phi) is 3.82. The molecule has 0 N–H and O–H groups in total. The van der Waals surface area contributed by atoms with Gasteiger partial charge < -0.3 is 14.2 Å². The number of hydrogen-bond acceptors (Lipinski definition) is 2. The van der Waals surface area contributed by atoms with Crippen molar-refractivity contribution in [2.24, 2.45) is 0 Å². The fraction of sp³-hybridized carbons (Fsp3) is 0.200. The van der Waals surface area contributed by atoms with Crippen LogP contribution in [0.2, 0.25) is 0 Å². The second-order valence-electron chi connectivity index (χ2n) is 6.03. The van der Waals surface area contributed by atoms with E-state index in [1.165, 1.54) is 17.7 Å². The lowest BCUT2D eigenvalue weighted by Crippen LogP contribution is -2.22. The van der Waals surface area contributed by atoms with E-state index in [-0.39, 0.29) is 12.0 Å². The molecular formula is C20H19FN2O. The summed E-state index contributed by atoms with van der Waals surface area (Å²) in [5, 5.41) is 0. The van der Waals surface area contributed by atoms with Gasteiger partial charge in [-0.25, -0.2) is 4.39 Å². The molecule has 1 unspecified atom stereocenters. The lowest BCUT2D eigenvalue weighted by molar-refractivity contribution is 0.114. The molecule has 3 nitrogen and oxygen atoms in total. The van der Waals surface area contributed by atoms with Gasteiger partial charge in [0.15, 0.2) is 6.23 Å². The molecule has 24 heavy (non-hydrogen) atoms. The Morgan fingerprint density at radius 3 is 2.62 bits per heavy atom. The smallest absolute Gasteiger partial charge is 0.158 e. The van der Waals surface area contributed by atoms with E-state index in [2.05, 4.69) is 47.0 Å². The van der Waals surface area contributed by atoms with E-state index in [1.807, 2.05) is 12.1 Å². The summed E-state index contributed by atoms with van der Waals surface area (Å²) in [5.41, 5.74) is 4.46. The van der Waals surface area contributed by atoms with Crippen molar-refractivity contribution in [2.75, 3.05) is 18.1 Å². The van der Waals surface area contributed by atoms with Gasteiger partial charge in [0.2, 0.25) is 0 Å². The number of anilines is 1. The molecule has 3 aromatic rings. The minimum Gasteiger partial charge on any atom is -0.352 e. The van der Waals surface area contributed by atoms with Crippen molar-refractivity contribution in [1.82, 2.24) is 4.57 Å². The third-order valence-corrected chi connectivity index (χ3v) is 4.44. The number of aromatic nitrogens is 1. The molecule has 0 bridgehead atoms. The summed E-state index contributed by atoms with van der Waals surface area (Å²) in [6.45, 7) is 3.56. The highest BCUT2D eigenvalue weighted by atomic mass is 19.1. The number of rotatable bonds is 3. The molecule has 4 heteroatoms. The summed E-state index contributed by atoms with van der Waals surface area (Å²) in [7, 11) is 0. The van der Waals surface area contributed by atoms with E-state index in [1.54, 1.807) is 12.1 Å². The first-order chi connectivity index (χ1) is 11.7. The Hall–Kier alpha value is -2.59. The zero-order chi connectivity index (χ0) is 16.5. The molecule has 0 spiro atoms. The van der Waals surface area contributed by atoms with Crippen molar-refractivity contribution < 1.29 is 9.13 Å². The van der Waals surface area contributed by atoms with Crippen LogP contribution in [0.5, 0.6) is 0 Å². The van der Waals surface area contributed by atoms with Gasteiger partial charge in [0.05, 0.1) is 6.61 Å². The molecule has 1 aliphatic rings. The van der Waals surface area contributed by atoms with Crippen LogP contribution >= 0.6 is 0 Å². The normalized spacial score (nSPS) is 17.4. The molecule has 122 valence electrons. The summed E-state index contributed by atoms with van der Waals surface area (Å²) in [5.74, 6) is -0.221. The highest BCUT2D eigenvalue weighted by Gasteiger charge is 2.28. The molecule has 0 saturated carbocycles. The van der Waals surface area contributed by atoms with Gasteiger partial charge in [0.1, 0.15) is 5.82 Å². The topological polar surface area (TPSA) is 17.4 Å². The molecule has 0 aliphatic carbocycles. The largest absolute Gasteiger partial charge is 0.352 e. The van der Waals surface area contributed by atoms with Crippen LogP contribution < -0.4 is 4.90 Å². The van der Waals surface area contributed by atoms with Crippen LogP contribution in [0.15, 0.2) is 67.0 Å². The van der Waals surface area contributed by atoms with Gasteiger partial charge in [0.25, 0.3) is 0 Å². The van der Waals surface area contributed by atoms with Gasteiger partial charge in [-0.1, -0.05) is 18.2 Å². The van der Waals surface area contributed by atoms with Crippen LogP contribution in [0.3, 0.4) is 0 Å². The second kappa shape index (κ2) is 6.13. The molecule has 1 fully saturated rings. The summed E-state index contributed by atoms with van der Waals surface area (Å²) in [6.07, 6.45) is 4.03. The maximum Gasteiger partial charge on any atom is 0.158 e. The van der Waals surface area contributed by atoms with Gasteiger partial charge in [-0.3, -0.25) is 0 Å². The van der Waals surface area contributed by atoms with E-state index in [4.69, 9.17) is 4.74 Å². The molecule has 4 rings (SSSR count). The number of hydrogen-bond donors (Lipinski definition) is 0. The Bertz CT molecular complexity index is 841. The van der Waals surface area contributed by atoms with Crippen LogP contribution in [0, 0.1) is 12.7 Å². The van der Waals surface area contributed by atoms with E-state index in [0.717, 1.165) is 23.5 Å². The van der Waals surface area contributed by atoms with Gasteiger partial charge in [-0.05, 0) is 48.9 Å². The summed E-state index contributed by atoms with van der Waals surface area (Å²) >= 11 is 0. The lowest BCUT2D eigenvalue weighted by Gasteiger charge is -2.24. The number of benzene rings is 2. The minimum absolute atomic E-state index is 0.138. The number of ether oxygens (including phenoxy) is 1. The zero-order valence-electron chi connectivity index (χ0n) is 13.5. The third kappa shape index (κ3) is 2.69. The van der Waals surface area contributed by atoms with Crippen LogP contribution in [-0.4, -0.2) is 17.7 Å². The lowest BCUT2D eigenvalue weighted by atomic mass is 10.2. The van der Waals surface area contributed by atoms with E-state index < -0.39 is 0 Å². The number of halogens is 1. The Morgan fingerprint density at radius 2 is 1.83 bits per heavy atom. The maximum absolute atomic E-state index is 13.2. The first-order valence-corrected chi connectivity index (χ1v) is 8.10. The number of nitrogens with zero attached hydrogens (tertiary/aromatic N) is 2. The van der Waals surface area contributed by atoms with Crippen LogP contribution in [0.25, 0.3) is 5.69 Å². The van der Waals surface area contributed by atoms with Crippen LogP contribution in [-0.2, 0) is 4.74 Å². The highest BCUT2D eigenvalue weighted by Crippen LogP contribution is 2.33. The Balaban J connectivity index is 1.64. The number of aryl methyl sites for hydroxylation is 1. The van der Waals surface area contributed by atoms with Gasteiger partial charge in [0, 0.05) is 35.9 Å². The molecule has 1 aromatic heterocycles. The molecule has 1 atom stereocenters. The summed E-state index contributed by atoms with van der Waals surface area (Å²) in [6, 6.07) is 17.0. The Morgan fingerprint density at radius 1 is 1.04 bits per heavy atom.